The molecule has 0 bridgehead atoms. The van der Waals surface area contributed by atoms with Gasteiger partial charge in [0.25, 0.3) is 5.22 Å². The fourth-order valence-corrected chi connectivity index (χ4v) is 3.32. The van der Waals surface area contributed by atoms with Crippen molar-refractivity contribution >= 4 is 17.7 Å². The lowest BCUT2D eigenvalue weighted by atomic mass is 10.2. The fraction of sp³-hybridized carbons (Fsp3) is 0.250. The average Bonchev–Trinajstić information content (AvgIpc) is 3.18. The molecule has 7 nitrogen and oxygen atoms in total. The third kappa shape index (κ3) is 4.83. The number of hydrogen-bond acceptors (Lipinski definition) is 7. The van der Waals surface area contributed by atoms with E-state index in [1.807, 2.05) is 54.6 Å². The number of carbonyl (C=O) groups excluding carboxylic acids is 1. The molecule has 1 atom stereocenters. The van der Waals surface area contributed by atoms with Crippen molar-refractivity contribution in [3.8, 4) is 11.5 Å². The molecular weight excluding hydrogens is 378 g/mol. The summed E-state index contributed by atoms with van der Waals surface area (Å²) in [5.41, 5.74) is 1.09. The zero-order valence-electron chi connectivity index (χ0n) is 15.0. The van der Waals surface area contributed by atoms with Gasteiger partial charge in [-0.25, -0.2) is 0 Å². The van der Waals surface area contributed by atoms with Crippen LogP contribution in [-0.4, -0.2) is 41.1 Å². The molecule has 144 valence electrons. The molecule has 0 aliphatic carbocycles. The van der Waals surface area contributed by atoms with E-state index in [1.54, 1.807) is 0 Å². The van der Waals surface area contributed by atoms with E-state index in [1.165, 1.54) is 11.8 Å². The summed E-state index contributed by atoms with van der Waals surface area (Å²) in [5.74, 6) is 2.01. The van der Waals surface area contributed by atoms with Crippen molar-refractivity contribution in [2.24, 2.45) is 0 Å². The number of benzene rings is 2. The number of thioether (sulfide) groups is 1. The van der Waals surface area contributed by atoms with Crippen LogP contribution in [0, 0.1) is 0 Å². The lowest BCUT2D eigenvalue weighted by Crippen LogP contribution is -2.41. The summed E-state index contributed by atoms with van der Waals surface area (Å²) in [6.45, 7) is 0.772. The molecule has 4 rings (SSSR count). The minimum Gasteiger partial charge on any atom is -0.486 e. The van der Waals surface area contributed by atoms with E-state index in [0.29, 0.717) is 36.4 Å². The third-order valence-electron chi connectivity index (χ3n) is 4.07. The second-order valence-electron chi connectivity index (χ2n) is 6.21. The number of hydrogen-bond donors (Lipinski definition) is 1. The summed E-state index contributed by atoms with van der Waals surface area (Å²) < 4.78 is 17.0. The Balaban J connectivity index is 1.20. The number of nitrogens with one attached hydrogen (secondary N) is 1. The standard InChI is InChI=1S/C20H19N3O4S/c24-18(21-11-15-12-25-16-8-4-5-9-17(16)26-15)13-28-20-23-22-19(27-20)10-14-6-2-1-3-7-14/h1-9,15H,10-13H2,(H,21,24)/t15-/m1/s1. The number of rotatable bonds is 7. The van der Waals surface area contributed by atoms with Crippen LogP contribution in [0.15, 0.2) is 64.2 Å². The zero-order valence-corrected chi connectivity index (χ0v) is 15.9. The summed E-state index contributed by atoms with van der Waals surface area (Å²) in [5, 5.41) is 11.2. The second kappa shape index (κ2) is 8.79. The maximum absolute atomic E-state index is 12.1. The van der Waals surface area contributed by atoms with Crippen LogP contribution < -0.4 is 14.8 Å². The van der Waals surface area contributed by atoms with Gasteiger partial charge in [-0.05, 0) is 17.7 Å². The summed E-state index contributed by atoms with van der Waals surface area (Å²) in [6.07, 6.45) is 0.353. The first-order valence-corrected chi connectivity index (χ1v) is 9.89. The summed E-state index contributed by atoms with van der Waals surface area (Å²) in [4.78, 5) is 12.1. The van der Waals surface area contributed by atoms with Crippen LogP contribution in [-0.2, 0) is 11.2 Å². The lowest BCUT2D eigenvalue weighted by molar-refractivity contribution is -0.119. The molecule has 1 N–H and O–H groups in total. The van der Waals surface area contributed by atoms with E-state index >= 15 is 0 Å². The number of para-hydroxylation sites is 2. The van der Waals surface area contributed by atoms with Gasteiger partial charge < -0.3 is 19.2 Å². The quantitative estimate of drug-likeness (QED) is 0.614. The second-order valence-corrected chi connectivity index (χ2v) is 7.14. The molecule has 0 radical (unpaired) electrons. The number of fused-ring (bicyclic) bond motifs is 1. The van der Waals surface area contributed by atoms with Crippen molar-refractivity contribution in [3.05, 3.63) is 66.1 Å². The Bertz CT molecular complexity index is 932. The minimum atomic E-state index is -0.218. The highest BCUT2D eigenvalue weighted by Gasteiger charge is 2.21. The van der Waals surface area contributed by atoms with Crippen molar-refractivity contribution < 1.29 is 18.7 Å². The maximum atomic E-state index is 12.1. The molecule has 1 amide bonds. The van der Waals surface area contributed by atoms with Crippen LogP contribution in [0.4, 0.5) is 0 Å². The van der Waals surface area contributed by atoms with E-state index in [2.05, 4.69) is 15.5 Å². The monoisotopic (exact) mass is 397 g/mol. The summed E-state index contributed by atoms with van der Waals surface area (Å²) in [6, 6.07) is 17.4. The Morgan fingerprint density at radius 2 is 1.86 bits per heavy atom. The predicted molar refractivity (Wildman–Crippen MR) is 104 cm³/mol. The molecule has 0 saturated heterocycles. The molecule has 2 heterocycles. The molecule has 1 aliphatic rings. The first-order valence-electron chi connectivity index (χ1n) is 8.90. The van der Waals surface area contributed by atoms with E-state index in [9.17, 15) is 4.79 Å². The number of nitrogens with zero attached hydrogens (tertiary/aromatic N) is 2. The van der Waals surface area contributed by atoms with Gasteiger partial charge in [-0.1, -0.05) is 54.2 Å². The largest absolute Gasteiger partial charge is 0.486 e. The van der Waals surface area contributed by atoms with Crippen LogP contribution in [0.5, 0.6) is 11.5 Å². The SMILES string of the molecule is O=C(CSc1nnc(Cc2ccccc2)o1)NC[C@@H]1COc2ccccc2O1. The van der Waals surface area contributed by atoms with Gasteiger partial charge in [-0.15, -0.1) is 10.2 Å². The first kappa shape index (κ1) is 18.4. The molecule has 3 aromatic rings. The van der Waals surface area contributed by atoms with Gasteiger partial charge in [0.2, 0.25) is 11.8 Å². The van der Waals surface area contributed by atoms with Gasteiger partial charge in [0.15, 0.2) is 11.5 Å². The molecule has 1 aliphatic heterocycles. The predicted octanol–water partition coefficient (Wildman–Crippen LogP) is 2.71. The highest BCUT2D eigenvalue weighted by atomic mass is 32.2. The van der Waals surface area contributed by atoms with E-state index in [0.717, 1.165) is 11.3 Å². The zero-order chi connectivity index (χ0) is 19.2. The normalized spacial score (nSPS) is 15.2. The molecule has 28 heavy (non-hydrogen) atoms. The summed E-state index contributed by atoms with van der Waals surface area (Å²) >= 11 is 1.21. The van der Waals surface area contributed by atoms with Gasteiger partial charge >= 0.3 is 0 Å². The minimum absolute atomic E-state index is 0.129. The van der Waals surface area contributed by atoms with Gasteiger partial charge in [-0.3, -0.25) is 4.79 Å². The Morgan fingerprint density at radius 1 is 1.07 bits per heavy atom. The highest BCUT2D eigenvalue weighted by molar-refractivity contribution is 7.99. The first-order chi connectivity index (χ1) is 13.8. The Morgan fingerprint density at radius 3 is 2.71 bits per heavy atom. The molecule has 0 spiro atoms. The van der Waals surface area contributed by atoms with E-state index in [-0.39, 0.29) is 17.8 Å². The van der Waals surface area contributed by atoms with Crippen LogP contribution in [0.1, 0.15) is 11.5 Å². The van der Waals surface area contributed by atoms with Gasteiger partial charge in [0, 0.05) is 0 Å². The molecule has 0 fully saturated rings. The molecule has 0 saturated carbocycles. The number of amides is 1. The molecule has 1 aromatic heterocycles. The van der Waals surface area contributed by atoms with Crippen molar-refractivity contribution in [3.63, 3.8) is 0 Å². The number of aromatic nitrogens is 2. The van der Waals surface area contributed by atoms with Crippen LogP contribution in [0.3, 0.4) is 0 Å². The summed E-state index contributed by atoms with van der Waals surface area (Å²) in [7, 11) is 0. The Hall–Kier alpha value is -3.00. The van der Waals surface area contributed by atoms with Gasteiger partial charge in [0.05, 0.1) is 18.7 Å². The average molecular weight is 397 g/mol. The molecule has 8 heteroatoms. The van der Waals surface area contributed by atoms with Crippen molar-refractivity contribution in [1.29, 1.82) is 0 Å². The molecule has 0 unspecified atom stereocenters. The smallest absolute Gasteiger partial charge is 0.277 e. The van der Waals surface area contributed by atoms with Crippen LogP contribution in [0.2, 0.25) is 0 Å². The maximum Gasteiger partial charge on any atom is 0.277 e. The van der Waals surface area contributed by atoms with Crippen LogP contribution >= 0.6 is 11.8 Å². The Kier molecular flexibility index (Phi) is 5.77. The number of carbonyl (C=O) groups is 1. The number of ether oxygens (including phenoxy) is 2. The Labute approximate surface area is 166 Å². The lowest BCUT2D eigenvalue weighted by Gasteiger charge is -2.26. The van der Waals surface area contributed by atoms with Gasteiger partial charge in [-0.2, -0.15) is 0 Å². The third-order valence-corrected chi connectivity index (χ3v) is 4.89. The highest BCUT2D eigenvalue weighted by Crippen LogP contribution is 2.30. The molecular formula is C20H19N3O4S. The van der Waals surface area contributed by atoms with E-state index in [4.69, 9.17) is 13.9 Å². The van der Waals surface area contributed by atoms with Gasteiger partial charge in [0.1, 0.15) is 12.7 Å². The fourth-order valence-electron chi connectivity index (χ4n) is 2.71. The molecule has 2 aromatic carbocycles. The van der Waals surface area contributed by atoms with Crippen LogP contribution in [0.25, 0.3) is 0 Å². The van der Waals surface area contributed by atoms with Crippen molar-refractivity contribution in [2.75, 3.05) is 18.9 Å². The van der Waals surface area contributed by atoms with Crippen molar-refractivity contribution in [1.82, 2.24) is 15.5 Å². The topological polar surface area (TPSA) is 86.5 Å². The van der Waals surface area contributed by atoms with Crippen molar-refractivity contribution in [2.45, 2.75) is 17.7 Å². The van der Waals surface area contributed by atoms with E-state index < -0.39 is 0 Å².